The molecule has 1 saturated carbocycles. The fraction of sp³-hybridized carbons (Fsp3) is 0.600. The van der Waals surface area contributed by atoms with Crippen LogP contribution in [0.4, 0.5) is 0 Å². The van der Waals surface area contributed by atoms with Crippen LogP contribution in [0.5, 0.6) is 5.75 Å². The lowest BCUT2D eigenvalue weighted by Crippen LogP contribution is -2.33. The molecule has 0 saturated heterocycles. The summed E-state index contributed by atoms with van der Waals surface area (Å²) in [5.74, 6) is 0.836. The molecular weight excluding hydrogens is 340 g/mol. The molecule has 0 bridgehead atoms. The van der Waals surface area contributed by atoms with Gasteiger partial charge < -0.3 is 4.74 Å². The van der Waals surface area contributed by atoms with Crippen molar-refractivity contribution in [3.8, 4) is 5.75 Å². The van der Waals surface area contributed by atoms with E-state index < -0.39 is 9.84 Å². The molecule has 2 atom stereocenters. The van der Waals surface area contributed by atoms with Gasteiger partial charge in [0, 0.05) is 17.1 Å². The molecule has 1 aromatic rings. The van der Waals surface area contributed by atoms with Gasteiger partial charge in [-0.25, -0.2) is 8.42 Å². The number of aryl methyl sites for hydroxylation is 2. The second kappa shape index (κ2) is 6.06. The highest BCUT2D eigenvalue weighted by atomic mass is 79.9. The van der Waals surface area contributed by atoms with Crippen LogP contribution in [0.1, 0.15) is 36.8 Å². The molecule has 0 amide bonds. The molecule has 3 nitrogen and oxygen atoms in total. The van der Waals surface area contributed by atoms with Gasteiger partial charge in [0.2, 0.25) is 0 Å². The average Bonchev–Trinajstić information content (AvgIpc) is 2.35. The molecule has 0 aromatic heterocycles. The van der Waals surface area contributed by atoms with Crippen LogP contribution in [-0.4, -0.2) is 26.0 Å². The maximum atomic E-state index is 11.7. The molecule has 1 aliphatic carbocycles. The van der Waals surface area contributed by atoms with Crippen molar-refractivity contribution in [3.05, 3.63) is 27.7 Å². The van der Waals surface area contributed by atoms with Gasteiger partial charge in [-0.2, -0.15) is 0 Å². The van der Waals surface area contributed by atoms with Crippen molar-refractivity contribution < 1.29 is 13.2 Å². The molecule has 20 heavy (non-hydrogen) atoms. The number of halogens is 1. The van der Waals surface area contributed by atoms with E-state index in [0.717, 1.165) is 40.6 Å². The predicted octanol–water partition coefficient (Wildman–Crippen LogP) is 3.80. The van der Waals surface area contributed by atoms with E-state index in [4.69, 9.17) is 4.74 Å². The lowest BCUT2D eigenvalue weighted by atomic mass is 9.97. The lowest BCUT2D eigenvalue weighted by Gasteiger charge is -2.28. The highest BCUT2D eigenvalue weighted by Gasteiger charge is 2.30. The topological polar surface area (TPSA) is 43.4 Å². The number of benzene rings is 1. The zero-order valence-electron chi connectivity index (χ0n) is 12.1. The van der Waals surface area contributed by atoms with Crippen molar-refractivity contribution in [3.63, 3.8) is 0 Å². The zero-order chi connectivity index (χ0) is 14.9. The molecule has 1 aromatic carbocycles. The summed E-state index contributed by atoms with van der Waals surface area (Å²) in [5, 5.41) is -0.251. The lowest BCUT2D eigenvalue weighted by molar-refractivity contribution is 0.156. The maximum Gasteiger partial charge on any atom is 0.150 e. The first kappa shape index (κ1) is 15.8. The average molecular weight is 361 g/mol. The molecule has 0 aliphatic heterocycles. The molecule has 5 heteroatoms. The predicted molar refractivity (Wildman–Crippen MR) is 85.1 cm³/mol. The quantitative estimate of drug-likeness (QED) is 0.823. The van der Waals surface area contributed by atoms with Crippen molar-refractivity contribution in [1.29, 1.82) is 0 Å². The Hall–Kier alpha value is -0.550. The summed E-state index contributed by atoms with van der Waals surface area (Å²) in [7, 11) is -2.96. The number of hydrogen-bond acceptors (Lipinski definition) is 3. The minimum atomic E-state index is -2.96. The van der Waals surface area contributed by atoms with Crippen molar-refractivity contribution in [2.24, 2.45) is 0 Å². The molecule has 0 heterocycles. The highest BCUT2D eigenvalue weighted by molar-refractivity contribution is 9.10. The van der Waals surface area contributed by atoms with Gasteiger partial charge in [-0.1, -0.05) is 15.9 Å². The Bertz CT molecular complexity index is 572. The van der Waals surface area contributed by atoms with Gasteiger partial charge in [-0.05, 0) is 56.4 Å². The van der Waals surface area contributed by atoms with Gasteiger partial charge in [0.25, 0.3) is 0 Å². The monoisotopic (exact) mass is 360 g/mol. The Morgan fingerprint density at radius 3 is 2.35 bits per heavy atom. The molecule has 2 rings (SSSR count). The maximum absolute atomic E-state index is 11.7. The molecule has 1 aliphatic rings. The molecular formula is C15H21BrO3S. The van der Waals surface area contributed by atoms with Gasteiger partial charge >= 0.3 is 0 Å². The molecule has 0 spiro atoms. The number of hydrogen-bond donors (Lipinski definition) is 0. The van der Waals surface area contributed by atoms with Crippen LogP contribution in [0.15, 0.2) is 16.6 Å². The second-order valence-corrected chi connectivity index (χ2v) is 8.85. The van der Waals surface area contributed by atoms with E-state index >= 15 is 0 Å². The van der Waals surface area contributed by atoms with E-state index in [9.17, 15) is 8.42 Å². The van der Waals surface area contributed by atoms with Crippen LogP contribution in [-0.2, 0) is 9.84 Å². The molecule has 2 unspecified atom stereocenters. The van der Waals surface area contributed by atoms with Crippen molar-refractivity contribution in [2.75, 3.05) is 6.26 Å². The summed E-state index contributed by atoms with van der Waals surface area (Å²) in [5.41, 5.74) is 2.27. The summed E-state index contributed by atoms with van der Waals surface area (Å²) < 4.78 is 30.5. The van der Waals surface area contributed by atoms with E-state index in [-0.39, 0.29) is 11.4 Å². The zero-order valence-corrected chi connectivity index (χ0v) is 14.6. The smallest absolute Gasteiger partial charge is 0.150 e. The van der Waals surface area contributed by atoms with Gasteiger partial charge in [0.05, 0.1) is 11.4 Å². The van der Waals surface area contributed by atoms with E-state index in [1.54, 1.807) is 0 Å². The standard InChI is InChI=1S/C15H21BrO3S/c1-10-7-13(8-11(2)15(10)16)19-12-5-4-6-14(9-12)20(3,17)18/h7-8,12,14H,4-6,9H2,1-3H3. The van der Waals surface area contributed by atoms with Crippen molar-refractivity contribution in [2.45, 2.75) is 50.9 Å². The summed E-state index contributed by atoms with van der Waals surface area (Å²) in [6.45, 7) is 4.06. The second-order valence-electron chi connectivity index (χ2n) is 5.73. The SMILES string of the molecule is Cc1cc(OC2CCCC(S(C)(=O)=O)C2)cc(C)c1Br. The normalized spacial score (nSPS) is 23.6. The molecule has 0 N–H and O–H groups in total. The van der Waals surface area contributed by atoms with Crippen LogP contribution in [0.2, 0.25) is 0 Å². The van der Waals surface area contributed by atoms with Crippen LogP contribution >= 0.6 is 15.9 Å². The van der Waals surface area contributed by atoms with Crippen LogP contribution in [0.25, 0.3) is 0 Å². The Morgan fingerprint density at radius 1 is 1.20 bits per heavy atom. The van der Waals surface area contributed by atoms with E-state index in [1.165, 1.54) is 6.26 Å². The molecule has 1 fully saturated rings. The fourth-order valence-electron chi connectivity index (χ4n) is 2.76. The van der Waals surface area contributed by atoms with Gasteiger partial charge in [-0.15, -0.1) is 0 Å². The number of sulfone groups is 1. The Morgan fingerprint density at radius 2 is 1.80 bits per heavy atom. The summed E-state index contributed by atoms with van der Waals surface area (Å²) in [6.07, 6.45) is 4.54. The minimum Gasteiger partial charge on any atom is -0.490 e. The van der Waals surface area contributed by atoms with Crippen LogP contribution in [0.3, 0.4) is 0 Å². The third-order valence-electron chi connectivity index (χ3n) is 3.90. The van der Waals surface area contributed by atoms with Crippen LogP contribution in [0, 0.1) is 13.8 Å². The first-order valence-corrected chi connectivity index (χ1v) is 9.64. The number of ether oxygens (including phenoxy) is 1. The van der Waals surface area contributed by atoms with E-state index in [2.05, 4.69) is 15.9 Å². The third-order valence-corrected chi connectivity index (χ3v) is 6.79. The van der Waals surface area contributed by atoms with Crippen molar-refractivity contribution >= 4 is 25.8 Å². The van der Waals surface area contributed by atoms with Gasteiger partial charge in [0.1, 0.15) is 15.6 Å². The van der Waals surface area contributed by atoms with Gasteiger partial charge in [0.15, 0.2) is 0 Å². The Balaban J connectivity index is 2.10. The van der Waals surface area contributed by atoms with Crippen molar-refractivity contribution in [1.82, 2.24) is 0 Å². The summed E-state index contributed by atoms with van der Waals surface area (Å²) >= 11 is 3.54. The van der Waals surface area contributed by atoms with Crippen LogP contribution < -0.4 is 4.74 Å². The largest absolute Gasteiger partial charge is 0.490 e. The summed E-state index contributed by atoms with van der Waals surface area (Å²) in [6, 6.07) is 4.00. The minimum absolute atomic E-state index is 0.00319. The van der Waals surface area contributed by atoms with Gasteiger partial charge in [-0.3, -0.25) is 0 Å². The first-order valence-electron chi connectivity index (χ1n) is 6.89. The summed E-state index contributed by atoms with van der Waals surface area (Å²) in [4.78, 5) is 0. The molecule has 0 radical (unpaired) electrons. The number of rotatable bonds is 3. The highest BCUT2D eigenvalue weighted by Crippen LogP contribution is 2.30. The molecule has 112 valence electrons. The Kier molecular flexibility index (Phi) is 4.80. The Labute approximate surface area is 129 Å². The van der Waals surface area contributed by atoms with E-state index in [1.807, 2.05) is 26.0 Å². The van der Waals surface area contributed by atoms with E-state index in [0.29, 0.717) is 6.42 Å². The first-order chi connectivity index (χ1) is 9.27. The third kappa shape index (κ3) is 3.76. The fourth-order valence-corrected chi connectivity index (χ4v) is 4.15.